The second-order valence-corrected chi connectivity index (χ2v) is 8.40. The summed E-state index contributed by atoms with van der Waals surface area (Å²) in [7, 11) is 0. The average Bonchev–Trinajstić information content (AvgIpc) is 3.17. The zero-order chi connectivity index (χ0) is 19.5. The van der Waals surface area contributed by atoms with Crippen LogP contribution in [-0.4, -0.2) is 41.9 Å². The lowest BCUT2D eigenvalue weighted by molar-refractivity contribution is -0.605. The minimum absolute atomic E-state index is 0.0142. The Labute approximate surface area is 173 Å². The maximum absolute atomic E-state index is 12.6. The minimum atomic E-state index is -0.0142. The molecule has 0 spiro atoms. The Bertz CT molecular complexity index is 966. The summed E-state index contributed by atoms with van der Waals surface area (Å²) in [4.78, 5) is 19.3. The van der Waals surface area contributed by atoms with Crippen molar-refractivity contribution in [1.29, 1.82) is 0 Å². The average molecular weight is 414 g/mol. The highest BCUT2D eigenvalue weighted by atomic mass is 35.5. The molecule has 0 saturated carbocycles. The van der Waals surface area contributed by atoms with Crippen LogP contribution in [0, 0.1) is 5.21 Å². The minimum Gasteiger partial charge on any atom is -0.619 e. The van der Waals surface area contributed by atoms with Crippen molar-refractivity contribution in [3.63, 3.8) is 0 Å². The maximum Gasteiger partial charge on any atom is 0.254 e. The zero-order valence-electron chi connectivity index (χ0n) is 15.3. The van der Waals surface area contributed by atoms with E-state index in [1.165, 1.54) is 22.1 Å². The van der Waals surface area contributed by atoms with Crippen molar-refractivity contribution in [1.82, 2.24) is 9.80 Å². The first-order chi connectivity index (χ1) is 13.6. The van der Waals surface area contributed by atoms with Crippen LogP contribution in [-0.2, 0) is 6.54 Å². The lowest BCUT2D eigenvalue weighted by Gasteiger charge is -2.34. The monoisotopic (exact) mass is 413 g/mol. The number of benzene rings is 1. The Kier molecular flexibility index (Phi) is 5.62. The molecule has 144 valence electrons. The number of carbonyl (C=O) groups is 1. The number of hydrogen-bond acceptors (Lipinski definition) is 4. The van der Waals surface area contributed by atoms with Crippen LogP contribution in [0.25, 0.3) is 10.4 Å². The molecule has 1 amide bonds. The summed E-state index contributed by atoms with van der Waals surface area (Å²) in [5.41, 5.74) is 1.70. The molecule has 28 heavy (non-hydrogen) atoms. The molecular weight excluding hydrogens is 394 g/mol. The van der Waals surface area contributed by atoms with E-state index in [0.717, 1.165) is 30.2 Å². The van der Waals surface area contributed by atoms with E-state index in [1.54, 1.807) is 23.5 Å². The maximum atomic E-state index is 12.6. The fourth-order valence-corrected chi connectivity index (χ4v) is 4.56. The molecule has 1 saturated heterocycles. The summed E-state index contributed by atoms with van der Waals surface area (Å²) in [6, 6.07) is 15.4. The van der Waals surface area contributed by atoms with Gasteiger partial charge in [0.25, 0.3) is 5.91 Å². The standard InChI is InChI=1S/C21H20ClN3O2S/c22-18-3-1-2-17(14-18)20-5-4-19(28-20)15-23-10-12-24(13-11-23)21(26)16-6-8-25(27)9-7-16/h1-9,14H,10-13,15H2. The normalized spacial score (nSPS) is 15.0. The van der Waals surface area contributed by atoms with Crippen LogP contribution in [0.3, 0.4) is 0 Å². The van der Waals surface area contributed by atoms with Gasteiger partial charge >= 0.3 is 0 Å². The van der Waals surface area contributed by atoms with Gasteiger partial charge in [0, 0.05) is 59.6 Å². The smallest absolute Gasteiger partial charge is 0.254 e. The van der Waals surface area contributed by atoms with Gasteiger partial charge in [0.1, 0.15) is 0 Å². The van der Waals surface area contributed by atoms with Crippen LogP contribution in [0.4, 0.5) is 0 Å². The molecule has 0 aliphatic carbocycles. The molecule has 0 unspecified atom stereocenters. The molecule has 4 rings (SSSR count). The van der Waals surface area contributed by atoms with Gasteiger partial charge in [-0.25, -0.2) is 0 Å². The predicted octanol–water partition coefficient (Wildman–Crippen LogP) is 3.66. The molecule has 0 radical (unpaired) electrons. The lowest BCUT2D eigenvalue weighted by atomic mass is 10.2. The molecule has 0 N–H and O–H groups in total. The van der Waals surface area contributed by atoms with E-state index in [2.05, 4.69) is 23.1 Å². The molecule has 3 aromatic rings. The number of thiophene rings is 1. The second kappa shape index (κ2) is 8.31. The number of hydrogen-bond donors (Lipinski definition) is 0. The van der Waals surface area contributed by atoms with Crippen molar-refractivity contribution in [2.45, 2.75) is 6.54 Å². The molecule has 0 atom stereocenters. The van der Waals surface area contributed by atoms with E-state index < -0.39 is 0 Å². The fourth-order valence-electron chi connectivity index (χ4n) is 3.33. The van der Waals surface area contributed by atoms with Crippen LogP contribution < -0.4 is 4.73 Å². The Balaban J connectivity index is 1.33. The Morgan fingerprint density at radius 2 is 1.82 bits per heavy atom. The first kappa shape index (κ1) is 18.9. The summed E-state index contributed by atoms with van der Waals surface area (Å²) >= 11 is 7.88. The topological polar surface area (TPSA) is 50.5 Å². The number of pyridine rings is 1. The van der Waals surface area contributed by atoms with Crippen molar-refractivity contribution in [2.24, 2.45) is 0 Å². The largest absolute Gasteiger partial charge is 0.619 e. The van der Waals surface area contributed by atoms with Gasteiger partial charge in [-0.3, -0.25) is 9.69 Å². The van der Waals surface area contributed by atoms with Crippen molar-refractivity contribution in [2.75, 3.05) is 26.2 Å². The van der Waals surface area contributed by atoms with Crippen LogP contribution in [0.5, 0.6) is 0 Å². The highest BCUT2D eigenvalue weighted by molar-refractivity contribution is 7.15. The number of amides is 1. The van der Waals surface area contributed by atoms with Crippen LogP contribution in [0.1, 0.15) is 15.2 Å². The van der Waals surface area contributed by atoms with Crippen LogP contribution in [0.2, 0.25) is 5.02 Å². The van der Waals surface area contributed by atoms with Crippen molar-refractivity contribution in [3.8, 4) is 10.4 Å². The predicted molar refractivity (Wildman–Crippen MR) is 111 cm³/mol. The van der Waals surface area contributed by atoms with E-state index in [9.17, 15) is 10.0 Å². The number of rotatable bonds is 4. The van der Waals surface area contributed by atoms with Crippen molar-refractivity contribution < 1.29 is 9.52 Å². The quantitative estimate of drug-likeness (QED) is 0.484. The van der Waals surface area contributed by atoms with Gasteiger partial charge in [0.05, 0.1) is 5.56 Å². The summed E-state index contributed by atoms with van der Waals surface area (Å²) in [6.07, 6.45) is 2.72. The summed E-state index contributed by atoms with van der Waals surface area (Å²) in [5, 5.41) is 11.9. The number of piperazine rings is 1. The number of nitrogens with zero attached hydrogens (tertiary/aromatic N) is 3. The molecular formula is C21H20ClN3O2S. The van der Waals surface area contributed by atoms with Crippen LogP contribution >= 0.6 is 22.9 Å². The highest BCUT2D eigenvalue weighted by Crippen LogP contribution is 2.30. The van der Waals surface area contributed by atoms with E-state index in [0.29, 0.717) is 23.4 Å². The summed E-state index contributed by atoms with van der Waals surface area (Å²) in [5.74, 6) is -0.0142. The van der Waals surface area contributed by atoms with Gasteiger partial charge in [-0.1, -0.05) is 23.7 Å². The first-order valence-corrected chi connectivity index (χ1v) is 10.3. The lowest BCUT2D eigenvalue weighted by Crippen LogP contribution is -2.48. The Morgan fingerprint density at radius 3 is 2.54 bits per heavy atom. The van der Waals surface area contributed by atoms with Gasteiger partial charge in [-0.05, 0) is 29.8 Å². The molecule has 1 aliphatic rings. The van der Waals surface area contributed by atoms with Gasteiger partial charge in [-0.15, -0.1) is 11.3 Å². The molecule has 1 aromatic carbocycles. The van der Waals surface area contributed by atoms with Crippen molar-refractivity contribution >= 4 is 28.8 Å². The third-order valence-corrected chi connectivity index (χ3v) is 6.21. The molecule has 5 nitrogen and oxygen atoms in total. The van der Waals surface area contributed by atoms with E-state index in [4.69, 9.17) is 11.6 Å². The number of halogens is 1. The highest BCUT2D eigenvalue weighted by Gasteiger charge is 2.23. The molecule has 3 heterocycles. The van der Waals surface area contributed by atoms with Crippen molar-refractivity contribution in [3.05, 3.63) is 81.6 Å². The second-order valence-electron chi connectivity index (χ2n) is 6.79. The van der Waals surface area contributed by atoms with E-state index in [1.807, 2.05) is 23.1 Å². The van der Waals surface area contributed by atoms with E-state index >= 15 is 0 Å². The van der Waals surface area contributed by atoms with Gasteiger partial charge in [0.15, 0.2) is 12.4 Å². The third-order valence-electron chi connectivity index (χ3n) is 4.86. The summed E-state index contributed by atoms with van der Waals surface area (Å²) in [6.45, 7) is 3.94. The third kappa shape index (κ3) is 4.35. The first-order valence-electron chi connectivity index (χ1n) is 9.13. The molecule has 1 fully saturated rings. The van der Waals surface area contributed by atoms with Gasteiger partial charge in [0.2, 0.25) is 0 Å². The molecule has 0 bridgehead atoms. The summed E-state index contributed by atoms with van der Waals surface area (Å²) < 4.78 is 0.688. The molecule has 1 aliphatic heterocycles. The molecule has 2 aromatic heterocycles. The number of carbonyl (C=O) groups excluding carboxylic acids is 1. The molecule has 7 heteroatoms. The zero-order valence-corrected chi connectivity index (χ0v) is 16.8. The number of aromatic nitrogens is 1. The Morgan fingerprint density at radius 1 is 1.07 bits per heavy atom. The van der Waals surface area contributed by atoms with Gasteiger partial charge in [-0.2, -0.15) is 4.73 Å². The fraction of sp³-hybridized carbons (Fsp3) is 0.238. The SMILES string of the molecule is O=C(c1cc[n+]([O-])cc1)N1CCN(Cc2ccc(-c3cccc(Cl)c3)s2)CC1. The van der Waals surface area contributed by atoms with E-state index in [-0.39, 0.29) is 5.91 Å². The Hall–Kier alpha value is -2.41. The van der Waals surface area contributed by atoms with Gasteiger partial charge < -0.3 is 10.1 Å². The van der Waals surface area contributed by atoms with Crippen LogP contribution in [0.15, 0.2) is 60.9 Å².